The summed E-state index contributed by atoms with van der Waals surface area (Å²) < 4.78 is 7.59. The van der Waals surface area contributed by atoms with Crippen LogP contribution in [0.5, 0.6) is 0 Å². The second-order valence-corrected chi connectivity index (χ2v) is 6.39. The van der Waals surface area contributed by atoms with E-state index in [0.717, 1.165) is 32.0 Å². The number of aromatic nitrogens is 2. The van der Waals surface area contributed by atoms with Crippen molar-refractivity contribution in [2.75, 3.05) is 33.3 Å². The van der Waals surface area contributed by atoms with Gasteiger partial charge in [-0.2, -0.15) is 5.10 Å². The van der Waals surface area contributed by atoms with E-state index in [0.29, 0.717) is 19.1 Å². The molecule has 0 saturated carbocycles. The third-order valence-electron chi connectivity index (χ3n) is 4.54. The number of rotatable bonds is 6. The number of halogens is 1. The summed E-state index contributed by atoms with van der Waals surface area (Å²) in [4.78, 5) is 6.73. The number of likely N-dealkylation sites (tertiary alicyclic amines) is 1. The van der Waals surface area contributed by atoms with Gasteiger partial charge in [0.15, 0.2) is 5.96 Å². The molecule has 1 aliphatic rings. The van der Waals surface area contributed by atoms with Crippen molar-refractivity contribution in [3.8, 4) is 0 Å². The molecule has 7 heteroatoms. The first kappa shape index (κ1) is 20.7. The van der Waals surface area contributed by atoms with Crippen LogP contribution in [0.25, 0.3) is 0 Å². The van der Waals surface area contributed by atoms with Crippen LogP contribution in [0.2, 0.25) is 0 Å². The van der Waals surface area contributed by atoms with Crippen LogP contribution in [-0.2, 0) is 18.4 Å². The average molecular weight is 469 g/mol. The van der Waals surface area contributed by atoms with Crippen molar-refractivity contribution >= 4 is 29.9 Å². The van der Waals surface area contributed by atoms with E-state index < -0.39 is 0 Å². The van der Waals surface area contributed by atoms with E-state index in [1.807, 2.05) is 43.2 Å². The van der Waals surface area contributed by atoms with E-state index >= 15 is 0 Å². The SMILES string of the molecule is CN=C(NCCOCc1ccccc1)N1CCC(c2cnn(C)c2)C1.I. The van der Waals surface area contributed by atoms with Crippen molar-refractivity contribution in [3.63, 3.8) is 0 Å². The molecule has 0 amide bonds. The fraction of sp³-hybridized carbons (Fsp3) is 0.474. The normalized spacial score (nSPS) is 17.2. The minimum Gasteiger partial charge on any atom is -0.375 e. The van der Waals surface area contributed by atoms with Gasteiger partial charge in [-0.1, -0.05) is 30.3 Å². The summed E-state index contributed by atoms with van der Waals surface area (Å²) in [5.74, 6) is 1.48. The van der Waals surface area contributed by atoms with Crippen LogP contribution < -0.4 is 5.32 Å². The zero-order valence-electron chi connectivity index (χ0n) is 15.5. The monoisotopic (exact) mass is 469 g/mol. The van der Waals surface area contributed by atoms with Gasteiger partial charge in [0.2, 0.25) is 0 Å². The third kappa shape index (κ3) is 5.70. The van der Waals surface area contributed by atoms with E-state index in [2.05, 4.69) is 38.6 Å². The Morgan fingerprint density at radius 3 is 2.85 bits per heavy atom. The summed E-state index contributed by atoms with van der Waals surface area (Å²) in [5.41, 5.74) is 2.51. The Labute approximate surface area is 172 Å². The smallest absolute Gasteiger partial charge is 0.193 e. The standard InChI is InChI=1S/C19H27N5O.HI/c1-20-19(21-9-11-25-15-16-6-4-3-5-7-16)24-10-8-17(14-24)18-12-22-23(2)13-18;/h3-7,12-13,17H,8-11,14-15H2,1-2H3,(H,20,21);1H. The molecule has 1 aromatic carbocycles. The van der Waals surface area contributed by atoms with Gasteiger partial charge in [-0.3, -0.25) is 9.67 Å². The molecular weight excluding hydrogens is 441 g/mol. The maximum absolute atomic E-state index is 5.72. The number of nitrogens with zero attached hydrogens (tertiary/aromatic N) is 4. The highest BCUT2D eigenvalue weighted by Crippen LogP contribution is 2.26. The summed E-state index contributed by atoms with van der Waals surface area (Å²) in [5, 5.41) is 7.69. The van der Waals surface area contributed by atoms with Crippen molar-refractivity contribution in [2.45, 2.75) is 18.9 Å². The lowest BCUT2D eigenvalue weighted by Gasteiger charge is -2.21. The van der Waals surface area contributed by atoms with Crippen LogP contribution in [0, 0.1) is 0 Å². The largest absolute Gasteiger partial charge is 0.375 e. The molecular formula is C19H28IN5O. The minimum absolute atomic E-state index is 0. The average Bonchev–Trinajstić information content (AvgIpc) is 3.28. The molecule has 1 N–H and O–H groups in total. The van der Waals surface area contributed by atoms with Gasteiger partial charge in [0, 0.05) is 45.8 Å². The van der Waals surface area contributed by atoms with E-state index in [4.69, 9.17) is 4.74 Å². The predicted octanol–water partition coefficient (Wildman–Crippen LogP) is 2.62. The van der Waals surface area contributed by atoms with Crippen LogP contribution in [-0.4, -0.2) is 53.9 Å². The van der Waals surface area contributed by atoms with Gasteiger partial charge in [0.1, 0.15) is 0 Å². The van der Waals surface area contributed by atoms with Crippen LogP contribution in [0.4, 0.5) is 0 Å². The summed E-state index contributed by atoms with van der Waals surface area (Å²) >= 11 is 0. The van der Waals surface area contributed by atoms with E-state index in [-0.39, 0.29) is 24.0 Å². The Hall–Kier alpha value is -1.61. The molecule has 0 bridgehead atoms. The molecule has 1 saturated heterocycles. The molecule has 3 rings (SSSR count). The van der Waals surface area contributed by atoms with Gasteiger partial charge in [0.25, 0.3) is 0 Å². The molecule has 6 nitrogen and oxygen atoms in total. The summed E-state index contributed by atoms with van der Waals surface area (Å²) in [7, 11) is 3.80. The lowest BCUT2D eigenvalue weighted by atomic mass is 10.0. The molecule has 1 aliphatic heterocycles. The Bertz CT molecular complexity index is 688. The lowest BCUT2D eigenvalue weighted by molar-refractivity contribution is 0.125. The molecule has 1 fully saturated rings. The summed E-state index contributed by atoms with van der Waals surface area (Å²) in [6.07, 6.45) is 5.22. The number of aliphatic imine (C=N–C) groups is 1. The number of ether oxygens (including phenoxy) is 1. The summed E-state index contributed by atoms with van der Waals surface area (Å²) in [6, 6.07) is 10.2. The van der Waals surface area contributed by atoms with Crippen molar-refractivity contribution in [1.82, 2.24) is 20.0 Å². The molecule has 0 aliphatic carbocycles. The number of nitrogens with one attached hydrogen (secondary N) is 1. The molecule has 1 atom stereocenters. The van der Waals surface area contributed by atoms with Gasteiger partial charge < -0.3 is 15.0 Å². The van der Waals surface area contributed by atoms with Gasteiger partial charge in [-0.25, -0.2) is 0 Å². The van der Waals surface area contributed by atoms with E-state index in [9.17, 15) is 0 Å². The highest BCUT2D eigenvalue weighted by molar-refractivity contribution is 14.0. The van der Waals surface area contributed by atoms with E-state index in [1.165, 1.54) is 11.1 Å². The first-order chi connectivity index (χ1) is 12.3. The van der Waals surface area contributed by atoms with Crippen LogP contribution in [0.15, 0.2) is 47.7 Å². The highest BCUT2D eigenvalue weighted by atomic mass is 127. The molecule has 0 radical (unpaired) electrons. The van der Waals surface area contributed by atoms with Gasteiger partial charge >= 0.3 is 0 Å². The van der Waals surface area contributed by atoms with Crippen LogP contribution >= 0.6 is 24.0 Å². The van der Waals surface area contributed by atoms with Crippen LogP contribution in [0.1, 0.15) is 23.5 Å². The lowest BCUT2D eigenvalue weighted by Crippen LogP contribution is -2.41. The first-order valence-electron chi connectivity index (χ1n) is 8.82. The van der Waals surface area contributed by atoms with Crippen molar-refractivity contribution in [1.29, 1.82) is 0 Å². The van der Waals surface area contributed by atoms with Crippen LogP contribution in [0.3, 0.4) is 0 Å². The molecule has 0 spiro atoms. The number of benzene rings is 1. The Kier molecular flexibility index (Phi) is 8.37. The van der Waals surface area contributed by atoms with Gasteiger partial charge in [-0.05, 0) is 17.5 Å². The fourth-order valence-corrected chi connectivity index (χ4v) is 3.21. The third-order valence-corrected chi connectivity index (χ3v) is 4.54. The molecule has 26 heavy (non-hydrogen) atoms. The number of hydrogen-bond donors (Lipinski definition) is 1. The van der Waals surface area contributed by atoms with Gasteiger partial charge in [0.05, 0.1) is 19.4 Å². The Morgan fingerprint density at radius 2 is 2.15 bits per heavy atom. The fourth-order valence-electron chi connectivity index (χ4n) is 3.21. The Morgan fingerprint density at radius 1 is 1.35 bits per heavy atom. The second kappa shape index (κ2) is 10.5. The quantitative estimate of drug-likeness (QED) is 0.306. The highest BCUT2D eigenvalue weighted by Gasteiger charge is 2.26. The summed E-state index contributed by atoms with van der Waals surface area (Å²) in [6.45, 7) is 4.07. The maximum Gasteiger partial charge on any atom is 0.193 e. The zero-order chi connectivity index (χ0) is 17.5. The minimum atomic E-state index is 0. The topological polar surface area (TPSA) is 54.7 Å². The van der Waals surface area contributed by atoms with Gasteiger partial charge in [-0.15, -0.1) is 24.0 Å². The van der Waals surface area contributed by atoms with Crippen molar-refractivity contribution in [3.05, 3.63) is 53.9 Å². The predicted molar refractivity (Wildman–Crippen MR) is 115 cm³/mol. The molecule has 1 unspecified atom stereocenters. The maximum atomic E-state index is 5.72. The molecule has 142 valence electrons. The molecule has 1 aromatic heterocycles. The molecule has 2 aromatic rings. The van der Waals surface area contributed by atoms with E-state index in [1.54, 1.807) is 0 Å². The van der Waals surface area contributed by atoms with Crippen molar-refractivity contribution < 1.29 is 4.74 Å². The van der Waals surface area contributed by atoms with Crippen molar-refractivity contribution in [2.24, 2.45) is 12.0 Å². The molecule has 2 heterocycles. The Balaban J connectivity index is 0.00000243. The number of guanidine groups is 1. The number of hydrogen-bond acceptors (Lipinski definition) is 3. The zero-order valence-corrected chi connectivity index (χ0v) is 17.8. The second-order valence-electron chi connectivity index (χ2n) is 6.39. The number of aryl methyl sites for hydroxylation is 1. The first-order valence-corrected chi connectivity index (χ1v) is 8.82.